The van der Waals surface area contributed by atoms with E-state index in [2.05, 4.69) is 25.7 Å². The van der Waals surface area contributed by atoms with E-state index in [0.717, 1.165) is 25.3 Å². The molecule has 2 nitrogen and oxygen atoms in total. The van der Waals surface area contributed by atoms with Crippen LogP contribution in [0.3, 0.4) is 0 Å². The van der Waals surface area contributed by atoms with Crippen molar-refractivity contribution in [3.05, 3.63) is 0 Å². The molecule has 0 aromatic heterocycles. The van der Waals surface area contributed by atoms with Crippen molar-refractivity contribution in [2.45, 2.75) is 46.5 Å². The molecule has 0 unspecified atom stereocenters. The first-order chi connectivity index (χ1) is 7.19. The Morgan fingerprint density at radius 1 is 1.20 bits per heavy atom. The van der Waals surface area contributed by atoms with Gasteiger partial charge in [0, 0.05) is 31.7 Å². The summed E-state index contributed by atoms with van der Waals surface area (Å²) in [4.78, 5) is 2.52. The van der Waals surface area contributed by atoms with Crippen LogP contribution >= 0.6 is 0 Å². The quantitative estimate of drug-likeness (QED) is 0.702. The van der Waals surface area contributed by atoms with Crippen LogP contribution in [0.25, 0.3) is 0 Å². The Bertz CT molecular complexity index is 163. The minimum absolute atomic E-state index is 0.164. The Balaban J connectivity index is 2.29. The molecule has 0 bridgehead atoms. The highest BCUT2D eigenvalue weighted by molar-refractivity contribution is 4.86. The second-order valence-electron chi connectivity index (χ2n) is 5.21. The highest BCUT2D eigenvalue weighted by Crippen LogP contribution is 2.31. The third kappa shape index (κ3) is 3.18. The Labute approximate surface area is 94.7 Å². The van der Waals surface area contributed by atoms with Gasteiger partial charge < -0.3 is 10.0 Å². The largest absolute Gasteiger partial charge is 0.396 e. The van der Waals surface area contributed by atoms with Crippen LogP contribution in [0.4, 0.5) is 0 Å². The number of aliphatic hydroxyl groups is 1. The Morgan fingerprint density at radius 3 is 2.20 bits per heavy atom. The summed E-state index contributed by atoms with van der Waals surface area (Å²) in [5, 5.41) is 9.49. The van der Waals surface area contributed by atoms with E-state index in [1.807, 2.05) is 0 Å². The average Bonchev–Trinajstić information content (AvgIpc) is 2.22. The lowest BCUT2D eigenvalue weighted by molar-refractivity contribution is 0.00910. The molecule has 2 heteroatoms. The van der Waals surface area contributed by atoms with Crippen LogP contribution in [0, 0.1) is 11.3 Å². The van der Waals surface area contributed by atoms with Gasteiger partial charge in [-0.3, -0.25) is 0 Å². The lowest BCUT2D eigenvalue weighted by Crippen LogP contribution is -2.51. The van der Waals surface area contributed by atoms with Crippen molar-refractivity contribution in [1.82, 2.24) is 4.90 Å². The number of likely N-dealkylation sites (tertiary alicyclic amines) is 1. The molecule has 1 rings (SSSR count). The van der Waals surface area contributed by atoms with E-state index in [1.54, 1.807) is 0 Å². The molecule has 15 heavy (non-hydrogen) atoms. The van der Waals surface area contributed by atoms with Gasteiger partial charge in [0.15, 0.2) is 0 Å². The van der Waals surface area contributed by atoms with E-state index in [0.29, 0.717) is 6.61 Å². The maximum absolute atomic E-state index is 9.49. The van der Waals surface area contributed by atoms with Gasteiger partial charge in [-0.25, -0.2) is 0 Å². The van der Waals surface area contributed by atoms with Crippen molar-refractivity contribution in [3.63, 3.8) is 0 Å². The van der Waals surface area contributed by atoms with Gasteiger partial charge in [-0.05, 0) is 25.2 Å². The molecule has 1 N–H and O–H groups in total. The number of rotatable bonds is 7. The molecule has 0 spiro atoms. The summed E-state index contributed by atoms with van der Waals surface area (Å²) in [5.74, 6) is 0.931. The SMILES string of the molecule is CCCC1CN(CC(CC)(CC)CO)C1. The Hall–Kier alpha value is -0.0800. The smallest absolute Gasteiger partial charge is 0.0499 e. The molecule has 1 aliphatic heterocycles. The zero-order valence-corrected chi connectivity index (χ0v) is 10.6. The second-order valence-corrected chi connectivity index (χ2v) is 5.21. The number of nitrogens with zero attached hydrogens (tertiary/aromatic N) is 1. The van der Waals surface area contributed by atoms with Gasteiger partial charge in [-0.1, -0.05) is 27.2 Å². The third-order valence-electron chi connectivity index (χ3n) is 4.12. The molecule has 0 atom stereocenters. The van der Waals surface area contributed by atoms with E-state index in [1.165, 1.54) is 25.9 Å². The Kier molecular flexibility index (Phi) is 5.07. The standard InChI is InChI=1S/C13H27NO/c1-4-7-12-8-14(9-12)10-13(5-2,6-3)11-15/h12,15H,4-11H2,1-3H3. The monoisotopic (exact) mass is 213 g/mol. The number of hydrogen-bond acceptors (Lipinski definition) is 2. The van der Waals surface area contributed by atoms with Gasteiger partial charge in [0.25, 0.3) is 0 Å². The van der Waals surface area contributed by atoms with Crippen LogP contribution in [-0.4, -0.2) is 36.2 Å². The molecule has 1 heterocycles. The molecule has 0 aliphatic carbocycles. The highest BCUT2D eigenvalue weighted by atomic mass is 16.3. The van der Waals surface area contributed by atoms with Crippen molar-refractivity contribution in [2.75, 3.05) is 26.2 Å². The minimum Gasteiger partial charge on any atom is -0.396 e. The summed E-state index contributed by atoms with van der Waals surface area (Å²) in [7, 11) is 0. The number of aliphatic hydroxyl groups excluding tert-OH is 1. The second kappa shape index (κ2) is 5.86. The fourth-order valence-electron chi connectivity index (χ4n) is 2.62. The van der Waals surface area contributed by atoms with Gasteiger partial charge in [-0.2, -0.15) is 0 Å². The molecule has 0 radical (unpaired) electrons. The first kappa shape index (κ1) is 13.0. The van der Waals surface area contributed by atoms with Crippen LogP contribution in [0.5, 0.6) is 0 Å². The summed E-state index contributed by atoms with van der Waals surface area (Å²) in [6.07, 6.45) is 4.87. The lowest BCUT2D eigenvalue weighted by atomic mass is 9.81. The number of hydrogen-bond donors (Lipinski definition) is 1. The van der Waals surface area contributed by atoms with Crippen molar-refractivity contribution < 1.29 is 5.11 Å². The predicted molar refractivity (Wildman–Crippen MR) is 64.9 cm³/mol. The molecule has 0 aromatic rings. The summed E-state index contributed by atoms with van der Waals surface area (Å²) < 4.78 is 0. The van der Waals surface area contributed by atoms with Crippen LogP contribution in [0.2, 0.25) is 0 Å². The fourth-order valence-corrected chi connectivity index (χ4v) is 2.62. The summed E-state index contributed by atoms with van der Waals surface area (Å²) in [6.45, 7) is 10.6. The van der Waals surface area contributed by atoms with Gasteiger partial charge in [-0.15, -0.1) is 0 Å². The molecule has 0 saturated carbocycles. The van der Waals surface area contributed by atoms with E-state index in [4.69, 9.17) is 0 Å². The van der Waals surface area contributed by atoms with Crippen LogP contribution in [0.1, 0.15) is 46.5 Å². The molecule has 1 fully saturated rings. The maximum Gasteiger partial charge on any atom is 0.0499 e. The van der Waals surface area contributed by atoms with Crippen LogP contribution < -0.4 is 0 Å². The maximum atomic E-state index is 9.49. The summed E-state index contributed by atoms with van der Waals surface area (Å²) >= 11 is 0. The van der Waals surface area contributed by atoms with Crippen LogP contribution in [-0.2, 0) is 0 Å². The van der Waals surface area contributed by atoms with E-state index >= 15 is 0 Å². The molecule has 90 valence electrons. The van der Waals surface area contributed by atoms with Crippen molar-refractivity contribution in [1.29, 1.82) is 0 Å². The highest BCUT2D eigenvalue weighted by Gasteiger charge is 2.33. The first-order valence-electron chi connectivity index (χ1n) is 6.53. The van der Waals surface area contributed by atoms with Gasteiger partial charge in [0.1, 0.15) is 0 Å². The zero-order chi connectivity index (χ0) is 11.3. The van der Waals surface area contributed by atoms with Crippen molar-refractivity contribution in [2.24, 2.45) is 11.3 Å². The predicted octanol–water partition coefficient (Wildman–Crippen LogP) is 2.52. The van der Waals surface area contributed by atoms with E-state index in [-0.39, 0.29) is 5.41 Å². The molecule has 1 aliphatic rings. The Morgan fingerprint density at radius 2 is 1.80 bits per heavy atom. The molecular formula is C13H27NO. The zero-order valence-electron chi connectivity index (χ0n) is 10.6. The van der Waals surface area contributed by atoms with E-state index < -0.39 is 0 Å². The average molecular weight is 213 g/mol. The fraction of sp³-hybridized carbons (Fsp3) is 1.00. The van der Waals surface area contributed by atoms with Crippen molar-refractivity contribution in [3.8, 4) is 0 Å². The van der Waals surface area contributed by atoms with Crippen LogP contribution in [0.15, 0.2) is 0 Å². The van der Waals surface area contributed by atoms with Gasteiger partial charge in [0.2, 0.25) is 0 Å². The summed E-state index contributed by atoms with van der Waals surface area (Å²) in [5.41, 5.74) is 0.164. The minimum atomic E-state index is 0.164. The van der Waals surface area contributed by atoms with E-state index in [9.17, 15) is 5.11 Å². The normalized spacial score (nSPS) is 19.2. The van der Waals surface area contributed by atoms with Gasteiger partial charge in [0.05, 0.1) is 0 Å². The van der Waals surface area contributed by atoms with Crippen molar-refractivity contribution >= 4 is 0 Å². The van der Waals surface area contributed by atoms with Gasteiger partial charge >= 0.3 is 0 Å². The third-order valence-corrected chi connectivity index (χ3v) is 4.12. The lowest BCUT2D eigenvalue weighted by Gasteiger charge is -2.45. The molecule has 0 aromatic carbocycles. The molecule has 0 amide bonds. The first-order valence-corrected chi connectivity index (χ1v) is 6.53. The summed E-state index contributed by atoms with van der Waals surface area (Å²) in [6, 6.07) is 0. The molecular weight excluding hydrogens is 186 g/mol. The topological polar surface area (TPSA) is 23.5 Å². The molecule has 1 saturated heterocycles.